The Labute approximate surface area is 159 Å². The number of carbonyl (C=O) groups is 2. The SMILES string of the molecule is CC(C)C(=O)Nc1cccc(CNC(=O)C2(c3cccc(F)c3)CCC2)c1. The third-order valence-electron chi connectivity index (χ3n) is 5.19. The summed E-state index contributed by atoms with van der Waals surface area (Å²) < 4.78 is 13.6. The summed E-state index contributed by atoms with van der Waals surface area (Å²) in [7, 11) is 0. The van der Waals surface area contributed by atoms with E-state index in [1.54, 1.807) is 6.07 Å². The molecule has 0 bridgehead atoms. The van der Waals surface area contributed by atoms with Gasteiger partial charge in [-0.25, -0.2) is 4.39 Å². The number of amides is 2. The molecule has 0 aliphatic heterocycles. The molecule has 0 atom stereocenters. The highest BCUT2D eigenvalue weighted by Gasteiger charge is 2.45. The second-order valence-electron chi connectivity index (χ2n) is 7.47. The van der Waals surface area contributed by atoms with Crippen LogP contribution in [-0.4, -0.2) is 11.8 Å². The third kappa shape index (κ3) is 4.18. The Balaban J connectivity index is 1.67. The summed E-state index contributed by atoms with van der Waals surface area (Å²) in [5.74, 6) is -0.537. The van der Waals surface area contributed by atoms with E-state index in [4.69, 9.17) is 0 Å². The standard InChI is InChI=1S/C22H25FN2O2/c1-15(2)20(26)25-19-9-3-6-16(12-19)14-24-21(27)22(10-5-11-22)17-7-4-8-18(23)13-17/h3-4,6-9,12-13,15H,5,10-11,14H2,1-2H3,(H,24,27)(H,25,26). The highest BCUT2D eigenvalue weighted by atomic mass is 19.1. The molecule has 0 heterocycles. The van der Waals surface area contributed by atoms with Gasteiger partial charge in [-0.3, -0.25) is 9.59 Å². The van der Waals surface area contributed by atoms with E-state index in [-0.39, 0.29) is 23.5 Å². The molecule has 0 spiro atoms. The second-order valence-corrected chi connectivity index (χ2v) is 7.47. The lowest BCUT2D eigenvalue weighted by Gasteiger charge is -2.40. The largest absolute Gasteiger partial charge is 0.351 e. The number of benzene rings is 2. The summed E-state index contributed by atoms with van der Waals surface area (Å²) in [5.41, 5.74) is 1.72. The highest BCUT2D eigenvalue weighted by molar-refractivity contribution is 5.92. The molecule has 0 unspecified atom stereocenters. The molecule has 142 valence electrons. The van der Waals surface area contributed by atoms with Crippen molar-refractivity contribution < 1.29 is 14.0 Å². The normalized spacial score (nSPS) is 15.1. The number of rotatable bonds is 6. The molecular weight excluding hydrogens is 343 g/mol. The summed E-state index contributed by atoms with van der Waals surface area (Å²) in [6, 6.07) is 13.8. The molecule has 0 aromatic heterocycles. The Morgan fingerprint density at radius 3 is 2.48 bits per heavy atom. The lowest BCUT2D eigenvalue weighted by atomic mass is 9.64. The van der Waals surface area contributed by atoms with E-state index < -0.39 is 5.41 Å². The molecule has 2 amide bonds. The zero-order chi connectivity index (χ0) is 19.4. The van der Waals surface area contributed by atoms with Crippen molar-refractivity contribution in [1.82, 2.24) is 5.32 Å². The van der Waals surface area contributed by atoms with Gasteiger partial charge in [0.05, 0.1) is 5.41 Å². The molecular formula is C22H25FN2O2. The van der Waals surface area contributed by atoms with Gasteiger partial charge in [0.2, 0.25) is 11.8 Å². The van der Waals surface area contributed by atoms with Crippen LogP contribution in [0.1, 0.15) is 44.2 Å². The fourth-order valence-electron chi connectivity index (χ4n) is 3.36. The number of halogens is 1. The molecule has 1 fully saturated rings. The predicted molar refractivity (Wildman–Crippen MR) is 104 cm³/mol. The van der Waals surface area contributed by atoms with Crippen LogP contribution in [0.15, 0.2) is 48.5 Å². The molecule has 1 saturated carbocycles. The van der Waals surface area contributed by atoms with E-state index in [2.05, 4.69) is 10.6 Å². The first-order chi connectivity index (χ1) is 12.9. The van der Waals surface area contributed by atoms with Gasteiger partial charge in [-0.05, 0) is 48.2 Å². The molecule has 4 nitrogen and oxygen atoms in total. The summed E-state index contributed by atoms with van der Waals surface area (Å²) >= 11 is 0. The minimum absolute atomic E-state index is 0.0456. The van der Waals surface area contributed by atoms with Crippen LogP contribution in [0.2, 0.25) is 0 Å². The van der Waals surface area contributed by atoms with Crippen molar-refractivity contribution in [3.8, 4) is 0 Å². The average Bonchev–Trinajstić information content (AvgIpc) is 2.59. The number of anilines is 1. The summed E-state index contributed by atoms with van der Waals surface area (Å²) in [5, 5.41) is 5.85. The summed E-state index contributed by atoms with van der Waals surface area (Å²) in [4.78, 5) is 24.7. The third-order valence-corrected chi connectivity index (χ3v) is 5.19. The second kappa shape index (κ2) is 7.91. The molecule has 1 aliphatic rings. The first kappa shape index (κ1) is 19.1. The molecule has 3 rings (SSSR count). The molecule has 0 radical (unpaired) electrons. The number of carbonyl (C=O) groups excluding carboxylic acids is 2. The fourth-order valence-corrected chi connectivity index (χ4v) is 3.36. The summed E-state index contributed by atoms with van der Waals surface area (Å²) in [6.45, 7) is 4.04. The quantitative estimate of drug-likeness (QED) is 0.804. The molecule has 27 heavy (non-hydrogen) atoms. The van der Waals surface area contributed by atoms with Crippen LogP contribution in [0.5, 0.6) is 0 Å². The van der Waals surface area contributed by atoms with Crippen molar-refractivity contribution in [2.24, 2.45) is 5.92 Å². The Morgan fingerprint density at radius 2 is 1.85 bits per heavy atom. The van der Waals surface area contributed by atoms with E-state index in [1.165, 1.54) is 12.1 Å². The number of hydrogen-bond donors (Lipinski definition) is 2. The van der Waals surface area contributed by atoms with Gasteiger partial charge in [0.15, 0.2) is 0 Å². The van der Waals surface area contributed by atoms with Crippen molar-refractivity contribution in [3.63, 3.8) is 0 Å². The van der Waals surface area contributed by atoms with Crippen molar-refractivity contribution in [2.75, 3.05) is 5.32 Å². The van der Waals surface area contributed by atoms with Crippen molar-refractivity contribution >= 4 is 17.5 Å². The topological polar surface area (TPSA) is 58.2 Å². The van der Waals surface area contributed by atoms with Gasteiger partial charge in [-0.15, -0.1) is 0 Å². The molecule has 2 aromatic rings. The average molecular weight is 368 g/mol. The van der Waals surface area contributed by atoms with Gasteiger partial charge in [0, 0.05) is 18.2 Å². The van der Waals surface area contributed by atoms with Crippen molar-refractivity contribution in [2.45, 2.75) is 45.1 Å². The van der Waals surface area contributed by atoms with E-state index in [0.29, 0.717) is 12.2 Å². The Morgan fingerprint density at radius 1 is 1.11 bits per heavy atom. The van der Waals surface area contributed by atoms with E-state index in [1.807, 2.05) is 44.2 Å². The van der Waals surface area contributed by atoms with Crippen LogP contribution >= 0.6 is 0 Å². The van der Waals surface area contributed by atoms with Gasteiger partial charge in [-0.1, -0.05) is 44.5 Å². The maximum absolute atomic E-state index is 13.6. The number of hydrogen-bond acceptors (Lipinski definition) is 2. The highest BCUT2D eigenvalue weighted by Crippen LogP contribution is 2.44. The molecule has 1 aliphatic carbocycles. The summed E-state index contributed by atoms with van der Waals surface area (Å²) in [6.07, 6.45) is 2.42. The van der Waals surface area contributed by atoms with Crippen LogP contribution in [0.4, 0.5) is 10.1 Å². The van der Waals surface area contributed by atoms with Gasteiger partial charge in [0.25, 0.3) is 0 Å². The molecule has 2 N–H and O–H groups in total. The predicted octanol–water partition coefficient (Wildman–Crippen LogP) is 4.16. The molecule has 5 heteroatoms. The van der Waals surface area contributed by atoms with Gasteiger partial charge in [-0.2, -0.15) is 0 Å². The van der Waals surface area contributed by atoms with Gasteiger partial charge >= 0.3 is 0 Å². The van der Waals surface area contributed by atoms with Crippen LogP contribution in [0, 0.1) is 11.7 Å². The van der Waals surface area contributed by atoms with Gasteiger partial charge in [0.1, 0.15) is 5.82 Å². The Kier molecular flexibility index (Phi) is 5.59. The van der Waals surface area contributed by atoms with Crippen LogP contribution in [0.25, 0.3) is 0 Å². The minimum atomic E-state index is -0.633. The van der Waals surface area contributed by atoms with E-state index >= 15 is 0 Å². The van der Waals surface area contributed by atoms with Crippen LogP contribution in [0.3, 0.4) is 0 Å². The lowest BCUT2D eigenvalue weighted by molar-refractivity contribution is -0.130. The Bertz CT molecular complexity index is 844. The smallest absolute Gasteiger partial charge is 0.230 e. The monoisotopic (exact) mass is 368 g/mol. The maximum Gasteiger partial charge on any atom is 0.230 e. The molecule has 0 saturated heterocycles. The zero-order valence-electron chi connectivity index (χ0n) is 15.7. The van der Waals surface area contributed by atoms with E-state index in [0.717, 1.165) is 30.4 Å². The van der Waals surface area contributed by atoms with Crippen LogP contribution < -0.4 is 10.6 Å². The lowest BCUT2D eigenvalue weighted by Crippen LogP contribution is -2.49. The van der Waals surface area contributed by atoms with Gasteiger partial charge < -0.3 is 10.6 Å². The van der Waals surface area contributed by atoms with Crippen LogP contribution in [-0.2, 0) is 21.5 Å². The zero-order valence-corrected chi connectivity index (χ0v) is 15.7. The Hall–Kier alpha value is -2.69. The minimum Gasteiger partial charge on any atom is -0.351 e. The number of nitrogens with one attached hydrogen (secondary N) is 2. The van der Waals surface area contributed by atoms with Crippen molar-refractivity contribution in [3.05, 3.63) is 65.5 Å². The molecule has 2 aromatic carbocycles. The van der Waals surface area contributed by atoms with Crippen molar-refractivity contribution in [1.29, 1.82) is 0 Å². The first-order valence-electron chi connectivity index (χ1n) is 9.35. The first-order valence-corrected chi connectivity index (χ1v) is 9.35. The maximum atomic E-state index is 13.6. The fraction of sp³-hybridized carbons (Fsp3) is 0.364. The van der Waals surface area contributed by atoms with E-state index in [9.17, 15) is 14.0 Å².